The molecule has 0 bridgehead atoms. The van der Waals surface area contributed by atoms with Crippen LogP contribution in [-0.2, 0) is 20.9 Å². The lowest BCUT2D eigenvalue weighted by molar-refractivity contribution is -0.133. The maximum atomic E-state index is 12.4. The maximum absolute atomic E-state index is 12.4. The fourth-order valence-electron chi connectivity index (χ4n) is 2.22. The van der Waals surface area contributed by atoms with E-state index >= 15 is 0 Å². The minimum absolute atomic E-state index is 0.0915. The van der Waals surface area contributed by atoms with Crippen molar-refractivity contribution in [2.75, 3.05) is 13.7 Å². The van der Waals surface area contributed by atoms with Gasteiger partial charge in [-0.2, -0.15) is 0 Å². The van der Waals surface area contributed by atoms with Crippen molar-refractivity contribution in [1.82, 2.24) is 10.3 Å². The lowest BCUT2D eigenvalue weighted by Gasteiger charge is -2.14. The number of carboxylic acid groups (broad SMARTS) is 1. The van der Waals surface area contributed by atoms with Crippen LogP contribution in [0.4, 0.5) is 0 Å². The lowest BCUT2D eigenvalue weighted by atomic mass is 9.99. The number of aliphatic carboxylic acids is 1. The van der Waals surface area contributed by atoms with Crippen LogP contribution in [0.3, 0.4) is 0 Å². The Kier molecular flexibility index (Phi) is 6.22. The summed E-state index contributed by atoms with van der Waals surface area (Å²) in [5.74, 6) is -1.61. The summed E-state index contributed by atoms with van der Waals surface area (Å²) in [5.41, 5.74) is 1.26. The van der Waals surface area contributed by atoms with Crippen molar-refractivity contribution in [2.24, 2.45) is 0 Å². The number of ether oxygens (including phenoxy) is 1. The summed E-state index contributed by atoms with van der Waals surface area (Å²) in [6.07, 6.45) is 3.26. The number of nitrogens with zero attached hydrogens (tertiary/aromatic N) is 1. The quantitative estimate of drug-likeness (QED) is 0.720. The van der Waals surface area contributed by atoms with E-state index in [2.05, 4.69) is 10.3 Å². The van der Waals surface area contributed by atoms with E-state index in [0.29, 0.717) is 5.56 Å². The number of hydrogen-bond donors (Lipinski definition) is 2. The molecule has 0 aliphatic carbocycles. The first-order valence-electron chi connectivity index (χ1n) is 7.31. The van der Waals surface area contributed by atoms with Gasteiger partial charge in [-0.25, -0.2) is 4.79 Å². The Bertz CT molecular complexity index is 727. The van der Waals surface area contributed by atoms with Crippen LogP contribution in [0.15, 0.2) is 60.6 Å². The minimum Gasteiger partial charge on any atom is -0.477 e. The number of Topliss-reactive ketones (excluding diaryl/α,β-unsaturated/α-hetero) is 1. The number of rotatable bonds is 8. The molecule has 2 rings (SSSR count). The second kappa shape index (κ2) is 8.59. The van der Waals surface area contributed by atoms with E-state index in [0.717, 1.165) is 5.56 Å². The fraction of sp³-hybridized carbons (Fsp3) is 0.167. The molecule has 0 spiro atoms. The van der Waals surface area contributed by atoms with Crippen LogP contribution in [0.25, 0.3) is 5.57 Å². The number of carbonyl (C=O) groups excluding carboxylic acids is 1. The maximum Gasteiger partial charge on any atom is 0.352 e. The van der Waals surface area contributed by atoms with Gasteiger partial charge in [0.1, 0.15) is 12.3 Å². The molecule has 0 aliphatic rings. The van der Waals surface area contributed by atoms with E-state index in [1.54, 1.807) is 48.8 Å². The highest BCUT2D eigenvalue weighted by Gasteiger charge is 2.22. The first-order chi connectivity index (χ1) is 11.6. The van der Waals surface area contributed by atoms with Crippen molar-refractivity contribution < 1.29 is 19.4 Å². The Morgan fingerprint density at radius 3 is 2.50 bits per heavy atom. The molecule has 2 aromatic rings. The minimum atomic E-state index is -1.21. The van der Waals surface area contributed by atoms with Gasteiger partial charge >= 0.3 is 5.97 Å². The molecule has 1 aromatic heterocycles. The van der Waals surface area contributed by atoms with Gasteiger partial charge in [-0.1, -0.05) is 36.4 Å². The third-order valence-electron chi connectivity index (χ3n) is 3.27. The summed E-state index contributed by atoms with van der Waals surface area (Å²) in [4.78, 5) is 28.1. The van der Waals surface area contributed by atoms with Gasteiger partial charge in [0, 0.05) is 26.0 Å². The molecular formula is C18H18N2O4. The van der Waals surface area contributed by atoms with E-state index in [4.69, 9.17) is 4.74 Å². The van der Waals surface area contributed by atoms with Gasteiger partial charge in [0.25, 0.3) is 0 Å². The fourth-order valence-corrected chi connectivity index (χ4v) is 2.22. The summed E-state index contributed by atoms with van der Waals surface area (Å²) < 4.78 is 4.88. The van der Waals surface area contributed by atoms with E-state index in [-0.39, 0.29) is 24.4 Å². The smallest absolute Gasteiger partial charge is 0.352 e. The second-order valence-corrected chi connectivity index (χ2v) is 4.99. The van der Waals surface area contributed by atoms with Crippen LogP contribution in [0.1, 0.15) is 11.1 Å². The van der Waals surface area contributed by atoms with Gasteiger partial charge in [-0.15, -0.1) is 0 Å². The molecule has 0 saturated carbocycles. The zero-order valence-corrected chi connectivity index (χ0v) is 13.2. The first kappa shape index (κ1) is 17.4. The van der Waals surface area contributed by atoms with Crippen molar-refractivity contribution in [2.45, 2.75) is 6.54 Å². The van der Waals surface area contributed by atoms with Crippen LogP contribution in [0, 0.1) is 0 Å². The Morgan fingerprint density at radius 2 is 1.92 bits per heavy atom. The van der Waals surface area contributed by atoms with Crippen molar-refractivity contribution in [3.05, 3.63) is 71.7 Å². The number of carboxylic acids is 1. The Hall–Kier alpha value is -2.99. The zero-order valence-electron chi connectivity index (χ0n) is 13.2. The predicted octanol–water partition coefficient (Wildman–Crippen LogP) is 1.88. The van der Waals surface area contributed by atoms with Crippen molar-refractivity contribution in [3.8, 4) is 0 Å². The molecule has 0 unspecified atom stereocenters. The number of pyridine rings is 1. The molecule has 6 heteroatoms. The Morgan fingerprint density at radius 1 is 1.17 bits per heavy atom. The number of carbonyl (C=O) groups is 2. The average molecular weight is 326 g/mol. The molecule has 2 N–H and O–H groups in total. The SMILES string of the molecule is COCC(=O)C(=C(NCc1cccnc1)C(=O)O)c1ccccc1. The van der Waals surface area contributed by atoms with Gasteiger partial charge < -0.3 is 15.2 Å². The summed E-state index contributed by atoms with van der Waals surface area (Å²) in [6.45, 7) is 0.0433. The van der Waals surface area contributed by atoms with Gasteiger partial charge in [-0.05, 0) is 17.2 Å². The van der Waals surface area contributed by atoms with Crippen LogP contribution < -0.4 is 5.32 Å². The van der Waals surface area contributed by atoms with E-state index in [1.165, 1.54) is 7.11 Å². The molecule has 6 nitrogen and oxygen atoms in total. The molecule has 0 saturated heterocycles. The number of aromatic nitrogens is 1. The molecule has 1 aromatic carbocycles. The number of benzene rings is 1. The summed E-state index contributed by atoms with van der Waals surface area (Å²) in [7, 11) is 1.39. The topological polar surface area (TPSA) is 88.5 Å². The number of ketones is 1. The average Bonchev–Trinajstić information content (AvgIpc) is 2.60. The number of nitrogens with one attached hydrogen (secondary N) is 1. The van der Waals surface area contributed by atoms with Crippen LogP contribution in [0.2, 0.25) is 0 Å². The van der Waals surface area contributed by atoms with E-state index in [1.807, 2.05) is 6.07 Å². The molecule has 1 heterocycles. The summed E-state index contributed by atoms with van der Waals surface area (Å²) >= 11 is 0. The van der Waals surface area contributed by atoms with Gasteiger partial charge in [0.05, 0.1) is 5.57 Å². The second-order valence-electron chi connectivity index (χ2n) is 4.99. The molecular weight excluding hydrogens is 308 g/mol. The highest BCUT2D eigenvalue weighted by atomic mass is 16.5. The highest BCUT2D eigenvalue weighted by Crippen LogP contribution is 2.19. The molecule has 0 radical (unpaired) electrons. The normalized spacial score (nSPS) is 11.5. The third-order valence-corrected chi connectivity index (χ3v) is 3.27. The van der Waals surface area contributed by atoms with E-state index < -0.39 is 11.8 Å². The molecule has 124 valence electrons. The third kappa shape index (κ3) is 4.50. The van der Waals surface area contributed by atoms with Gasteiger partial charge in [-0.3, -0.25) is 9.78 Å². The van der Waals surface area contributed by atoms with Crippen molar-refractivity contribution in [3.63, 3.8) is 0 Å². The van der Waals surface area contributed by atoms with Gasteiger partial charge in [0.2, 0.25) is 0 Å². The van der Waals surface area contributed by atoms with Crippen LogP contribution >= 0.6 is 0 Å². The number of methoxy groups -OCH3 is 1. The largest absolute Gasteiger partial charge is 0.477 e. The molecule has 0 amide bonds. The molecule has 0 aliphatic heterocycles. The van der Waals surface area contributed by atoms with Gasteiger partial charge in [0.15, 0.2) is 5.78 Å². The summed E-state index contributed by atoms with van der Waals surface area (Å²) in [5, 5.41) is 12.4. The molecule has 0 atom stereocenters. The lowest BCUT2D eigenvalue weighted by Crippen LogP contribution is -2.25. The van der Waals surface area contributed by atoms with Crippen LogP contribution in [-0.4, -0.2) is 35.6 Å². The highest BCUT2D eigenvalue weighted by molar-refractivity contribution is 6.26. The Labute approximate surface area is 139 Å². The molecule has 0 fully saturated rings. The predicted molar refractivity (Wildman–Crippen MR) is 89.0 cm³/mol. The van der Waals surface area contributed by atoms with Crippen molar-refractivity contribution >= 4 is 17.3 Å². The standard InChI is InChI=1S/C18H18N2O4/c1-24-12-15(21)16(14-7-3-2-4-8-14)17(18(22)23)20-11-13-6-5-9-19-10-13/h2-10,20H,11-12H2,1H3,(H,22,23). The number of hydrogen-bond acceptors (Lipinski definition) is 5. The summed E-state index contributed by atoms with van der Waals surface area (Å²) in [6, 6.07) is 12.3. The van der Waals surface area contributed by atoms with Crippen LogP contribution in [0.5, 0.6) is 0 Å². The van der Waals surface area contributed by atoms with Crippen molar-refractivity contribution in [1.29, 1.82) is 0 Å². The first-order valence-corrected chi connectivity index (χ1v) is 7.31. The zero-order chi connectivity index (χ0) is 17.4. The monoisotopic (exact) mass is 326 g/mol. The van der Waals surface area contributed by atoms with E-state index in [9.17, 15) is 14.7 Å². The molecule has 24 heavy (non-hydrogen) atoms. The Balaban J connectivity index is 2.41.